The molecule has 1 amide bonds. The Morgan fingerprint density at radius 1 is 1.16 bits per heavy atom. The third-order valence-corrected chi connectivity index (χ3v) is 3.50. The summed E-state index contributed by atoms with van der Waals surface area (Å²) in [6, 6.07) is 5.54. The normalized spacial score (nSPS) is 11.3. The van der Waals surface area contributed by atoms with Crippen molar-refractivity contribution in [2.45, 2.75) is 20.3 Å². The second kappa shape index (κ2) is 6.68. The van der Waals surface area contributed by atoms with Crippen LogP contribution in [0.2, 0.25) is 0 Å². The molecular formula is C13H20N2O3S. The lowest BCUT2D eigenvalue weighted by atomic mass is 10.1. The molecule has 0 spiro atoms. The molecule has 0 aromatic heterocycles. The van der Waals surface area contributed by atoms with Crippen LogP contribution in [0.5, 0.6) is 0 Å². The van der Waals surface area contributed by atoms with Crippen molar-refractivity contribution in [1.29, 1.82) is 0 Å². The van der Waals surface area contributed by atoms with E-state index in [-0.39, 0.29) is 5.91 Å². The number of amides is 1. The molecule has 0 unspecified atom stereocenters. The molecule has 0 bridgehead atoms. The van der Waals surface area contributed by atoms with Gasteiger partial charge in [-0.25, -0.2) is 13.1 Å². The number of nitrogens with one attached hydrogen (secondary N) is 2. The second-order valence-corrected chi connectivity index (χ2v) is 6.41. The summed E-state index contributed by atoms with van der Waals surface area (Å²) in [4.78, 5) is 11.8. The fourth-order valence-electron chi connectivity index (χ4n) is 1.53. The summed E-state index contributed by atoms with van der Waals surface area (Å²) < 4.78 is 24.0. The van der Waals surface area contributed by atoms with Gasteiger partial charge in [-0.2, -0.15) is 0 Å². The van der Waals surface area contributed by atoms with Crippen molar-refractivity contribution in [2.24, 2.45) is 0 Å². The maximum atomic E-state index is 11.8. The van der Waals surface area contributed by atoms with E-state index in [0.717, 1.165) is 17.4 Å². The van der Waals surface area contributed by atoms with Crippen molar-refractivity contribution in [3.63, 3.8) is 0 Å². The molecule has 1 aromatic rings. The summed E-state index contributed by atoms with van der Waals surface area (Å²) in [7, 11) is -3.15. The van der Waals surface area contributed by atoms with Gasteiger partial charge >= 0.3 is 0 Å². The van der Waals surface area contributed by atoms with Gasteiger partial charge in [0, 0.05) is 18.7 Å². The molecular weight excluding hydrogens is 264 g/mol. The number of carbonyl (C=O) groups is 1. The van der Waals surface area contributed by atoms with Crippen molar-refractivity contribution in [2.75, 3.05) is 19.3 Å². The van der Waals surface area contributed by atoms with Gasteiger partial charge in [-0.1, -0.05) is 6.07 Å². The van der Waals surface area contributed by atoms with Crippen molar-refractivity contribution in [3.05, 3.63) is 34.9 Å². The Kier molecular flexibility index (Phi) is 5.50. The van der Waals surface area contributed by atoms with Gasteiger partial charge in [0.15, 0.2) is 0 Å². The molecule has 1 rings (SSSR count). The van der Waals surface area contributed by atoms with Crippen molar-refractivity contribution in [3.8, 4) is 0 Å². The predicted octanol–water partition coefficient (Wildman–Crippen LogP) is 0.973. The maximum absolute atomic E-state index is 11.8. The summed E-state index contributed by atoms with van der Waals surface area (Å²) in [5.74, 6) is -0.137. The van der Waals surface area contributed by atoms with Gasteiger partial charge in [-0.05, 0) is 43.5 Å². The summed E-state index contributed by atoms with van der Waals surface area (Å²) >= 11 is 0. The molecule has 1 aromatic carbocycles. The summed E-state index contributed by atoms with van der Waals surface area (Å²) in [5, 5.41) is 2.76. The lowest BCUT2D eigenvalue weighted by molar-refractivity contribution is 0.0953. The van der Waals surface area contributed by atoms with Crippen molar-refractivity contribution in [1.82, 2.24) is 10.0 Å². The minimum atomic E-state index is -3.15. The maximum Gasteiger partial charge on any atom is 0.251 e. The molecule has 2 N–H and O–H groups in total. The summed E-state index contributed by atoms with van der Waals surface area (Å²) in [5.41, 5.74) is 2.85. The van der Waals surface area contributed by atoms with E-state index in [1.807, 2.05) is 26.0 Å². The minimum Gasteiger partial charge on any atom is -0.352 e. The fourth-order valence-corrected chi connectivity index (χ4v) is 2.05. The highest BCUT2D eigenvalue weighted by atomic mass is 32.2. The molecule has 0 atom stereocenters. The van der Waals surface area contributed by atoms with Crippen LogP contribution in [0.3, 0.4) is 0 Å². The van der Waals surface area contributed by atoms with Gasteiger partial charge in [0.25, 0.3) is 5.91 Å². The summed E-state index contributed by atoms with van der Waals surface area (Å²) in [6.07, 6.45) is 1.67. The van der Waals surface area contributed by atoms with E-state index < -0.39 is 10.0 Å². The van der Waals surface area contributed by atoms with Crippen LogP contribution in [0.1, 0.15) is 27.9 Å². The molecule has 0 saturated carbocycles. The van der Waals surface area contributed by atoms with Gasteiger partial charge < -0.3 is 5.32 Å². The van der Waals surface area contributed by atoms with Crippen LogP contribution in [0.4, 0.5) is 0 Å². The molecule has 0 aliphatic rings. The predicted molar refractivity (Wildman–Crippen MR) is 75.7 cm³/mol. The van der Waals surface area contributed by atoms with Crippen LogP contribution in [-0.2, 0) is 10.0 Å². The third kappa shape index (κ3) is 5.85. The van der Waals surface area contributed by atoms with Gasteiger partial charge in [0.1, 0.15) is 0 Å². The van der Waals surface area contributed by atoms with E-state index in [9.17, 15) is 13.2 Å². The quantitative estimate of drug-likeness (QED) is 0.764. The van der Waals surface area contributed by atoms with Crippen LogP contribution in [0.15, 0.2) is 18.2 Å². The van der Waals surface area contributed by atoms with Crippen LogP contribution in [0, 0.1) is 13.8 Å². The number of carbonyl (C=O) groups excluding carboxylic acids is 1. The smallest absolute Gasteiger partial charge is 0.251 e. The molecule has 0 saturated heterocycles. The molecule has 0 aliphatic carbocycles. The molecule has 106 valence electrons. The number of sulfonamides is 1. The number of aryl methyl sites for hydroxylation is 2. The van der Waals surface area contributed by atoms with Gasteiger partial charge in [-0.3, -0.25) is 4.79 Å². The van der Waals surface area contributed by atoms with E-state index in [1.165, 1.54) is 0 Å². The Balaban J connectivity index is 2.37. The highest BCUT2D eigenvalue weighted by Gasteiger charge is 2.06. The van der Waals surface area contributed by atoms with Crippen LogP contribution in [0.25, 0.3) is 0 Å². The van der Waals surface area contributed by atoms with Crippen molar-refractivity contribution < 1.29 is 13.2 Å². The minimum absolute atomic E-state index is 0.137. The van der Waals surface area contributed by atoms with E-state index in [1.54, 1.807) is 6.07 Å². The third-order valence-electron chi connectivity index (χ3n) is 2.77. The lowest BCUT2D eigenvalue weighted by Gasteiger charge is -2.07. The lowest BCUT2D eigenvalue weighted by Crippen LogP contribution is -2.29. The Morgan fingerprint density at radius 2 is 1.84 bits per heavy atom. The highest BCUT2D eigenvalue weighted by molar-refractivity contribution is 7.88. The van der Waals surface area contributed by atoms with Gasteiger partial charge in [-0.15, -0.1) is 0 Å². The molecule has 6 heteroatoms. The monoisotopic (exact) mass is 284 g/mol. The zero-order valence-electron chi connectivity index (χ0n) is 11.5. The average molecular weight is 284 g/mol. The number of benzene rings is 1. The van der Waals surface area contributed by atoms with E-state index in [4.69, 9.17) is 0 Å². The molecule has 0 fully saturated rings. The van der Waals surface area contributed by atoms with Gasteiger partial charge in [0.05, 0.1) is 6.26 Å². The molecule has 0 heterocycles. The van der Waals surface area contributed by atoms with Crippen molar-refractivity contribution >= 4 is 15.9 Å². The molecule has 19 heavy (non-hydrogen) atoms. The zero-order valence-corrected chi connectivity index (χ0v) is 12.3. The molecule has 5 nitrogen and oxygen atoms in total. The highest BCUT2D eigenvalue weighted by Crippen LogP contribution is 2.09. The zero-order chi connectivity index (χ0) is 14.5. The SMILES string of the molecule is Cc1ccc(C(=O)NCCCNS(C)(=O)=O)cc1C. The fraction of sp³-hybridized carbons (Fsp3) is 0.462. The first-order valence-corrected chi connectivity index (χ1v) is 7.99. The van der Waals surface area contributed by atoms with Gasteiger partial charge in [0.2, 0.25) is 10.0 Å². The standard InChI is InChI=1S/C13H20N2O3S/c1-10-5-6-12(9-11(10)2)13(16)14-7-4-8-15-19(3,17)18/h5-6,9,15H,4,7-8H2,1-3H3,(H,14,16). The number of hydrogen-bond donors (Lipinski definition) is 2. The number of hydrogen-bond acceptors (Lipinski definition) is 3. The Morgan fingerprint density at radius 3 is 2.42 bits per heavy atom. The summed E-state index contributed by atoms with van der Waals surface area (Å²) in [6.45, 7) is 4.72. The van der Waals surface area contributed by atoms with Crippen LogP contribution < -0.4 is 10.0 Å². The second-order valence-electron chi connectivity index (χ2n) is 4.57. The Hall–Kier alpha value is -1.40. The first-order chi connectivity index (χ1) is 8.79. The van der Waals surface area contributed by atoms with Crippen LogP contribution >= 0.6 is 0 Å². The Bertz CT molecular complexity index is 553. The topological polar surface area (TPSA) is 75.3 Å². The average Bonchev–Trinajstić information content (AvgIpc) is 2.30. The van der Waals surface area contributed by atoms with E-state index in [2.05, 4.69) is 10.0 Å². The van der Waals surface area contributed by atoms with E-state index >= 15 is 0 Å². The van der Waals surface area contributed by atoms with Crippen LogP contribution in [-0.4, -0.2) is 33.7 Å². The first-order valence-electron chi connectivity index (χ1n) is 6.09. The molecule has 0 radical (unpaired) electrons. The first kappa shape index (κ1) is 15.7. The Labute approximate surface area is 114 Å². The number of rotatable bonds is 6. The molecule has 0 aliphatic heterocycles. The largest absolute Gasteiger partial charge is 0.352 e. The van der Waals surface area contributed by atoms with E-state index in [0.29, 0.717) is 25.1 Å².